The second kappa shape index (κ2) is 6.76. The molecule has 0 heterocycles. The van der Waals surface area contributed by atoms with Crippen molar-refractivity contribution in [3.05, 3.63) is 29.6 Å². The van der Waals surface area contributed by atoms with Gasteiger partial charge in [0.2, 0.25) is 9.05 Å². The van der Waals surface area contributed by atoms with Gasteiger partial charge in [0.15, 0.2) is 0 Å². The predicted octanol–water partition coefficient (Wildman–Crippen LogP) is 3.89. The van der Waals surface area contributed by atoms with Gasteiger partial charge >= 0.3 is 0 Å². The molecule has 0 aliphatic heterocycles. The lowest BCUT2D eigenvalue weighted by Gasteiger charge is -2.30. The van der Waals surface area contributed by atoms with Gasteiger partial charge in [-0.3, -0.25) is 0 Å². The van der Waals surface area contributed by atoms with Crippen molar-refractivity contribution in [3.8, 4) is 5.75 Å². The van der Waals surface area contributed by atoms with Gasteiger partial charge in [-0.2, -0.15) is 0 Å². The predicted molar refractivity (Wildman–Crippen MR) is 79.3 cm³/mol. The summed E-state index contributed by atoms with van der Waals surface area (Å²) in [6, 6.07) is 4.25. The minimum Gasteiger partial charge on any atom is -0.493 e. The Kier molecular flexibility index (Phi) is 5.83. The molecular weight excluding hydrogens is 303 g/mol. The lowest BCUT2D eigenvalue weighted by Crippen LogP contribution is -2.33. The average molecular weight is 323 g/mol. The van der Waals surface area contributed by atoms with E-state index in [9.17, 15) is 12.8 Å². The third-order valence-electron chi connectivity index (χ3n) is 3.65. The second-order valence-corrected chi connectivity index (χ2v) is 7.87. The molecule has 0 aliphatic carbocycles. The number of hydrogen-bond donors (Lipinski definition) is 0. The van der Waals surface area contributed by atoms with Crippen molar-refractivity contribution in [1.29, 1.82) is 0 Å². The molecule has 1 aromatic carbocycles. The van der Waals surface area contributed by atoms with Crippen LogP contribution in [0, 0.1) is 18.2 Å². The molecular formula is C14H20ClFO3S. The molecule has 1 rings (SSSR count). The second-order valence-electron chi connectivity index (χ2n) is 5.09. The van der Waals surface area contributed by atoms with Gasteiger partial charge in [-0.15, -0.1) is 0 Å². The molecule has 0 saturated heterocycles. The van der Waals surface area contributed by atoms with Crippen LogP contribution in [0.3, 0.4) is 0 Å². The van der Waals surface area contributed by atoms with Crippen LogP contribution in [0.1, 0.15) is 32.3 Å². The quantitative estimate of drug-likeness (QED) is 0.715. The first kappa shape index (κ1) is 17.2. The summed E-state index contributed by atoms with van der Waals surface area (Å²) < 4.78 is 41.4. The highest BCUT2D eigenvalue weighted by Crippen LogP contribution is 2.31. The number of hydrogen-bond acceptors (Lipinski definition) is 3. The van der Waals surface area contributed by atoms with E-state index in [1.807, 2.05) is 13.8 Å². The molecule has 0 atom stereocenters. The van der Waals surface area contributed by atoms with E-state index >= 15 is 0 Å². The van der Waals surface area contributed by atoms with Crippen molar-refractivity contribution in [3.63, 3.8) is 0 Å². The molecule has 0 spiro atoms. The van der Waals surface area contributed by atoms with Crippen LogP contribution in [-0.4, -0.2) is 20.8 Å². The zero-order valence-corrected chi connectivity index (χ0v) is 13.5. The summed E-state index contributed by atoms with van der Waals surface area (Å²) in [6.07, 6.45) is 1.27. The molecule has 1 aromatic rings. The van der Waals surface area contributed by atoms with Crippen LogP contribution in [0.4, 0.5) is 4.39 Å². The molecule has 0 aliphatic rings. The third-order valence-corrected chi connectivity index (χ3v) is 4.93. The van der Waals surface area contributed by atoms with Gasteiger partial charge in [-0.05, 0) is 43.5 Å². The molecule has 0 aromatic heterocycles. The Balaban J connectivity index is 2.86. The summed E-state index contributed by atoms with van der Waals surface area (Å²) in [5.74, 6) is 0.106. The Hall–Kier alpha value is -0.810. The SMILES string of the molecule is CCC(CC)(COc1ccc(F)cc1C)CS(=O)(=O)Cl. The van der Waals surface area contributed by atoms with Gasteiger partial charge in [0, 0.05) is 16.1 Å². The van der Waals surface area contributed by atoms with E-state index in [0.29, 0.717) is 24.2 Å². The molecule has 0 N–H and O–H groups in total. The van der Waals surface area contributed by atoms with Crippen molar-refractivity contribution >= 4 is 19.7 Å². The van der Waals surface area contributed by atoms with E-state index in [1.54, 1.807) is 13.0 Å². The molecule has 20 heavy (non-hydrogen) atoms. The number of rotatable bonds is 7. The minimum atomic E-state index is -3.59. The van der Waals surface area contributed by atoms with E-state index in [1.165, 1.54) is 12.1 Å². The van der Waals surface area contributed by atoms with Gasteiger partial charge in [-0.1, -0.05) is 13.8 Å². The van der Waals surface area contributed by atoms with Crippen LogP contribution in [0.15, 0.2) is 18.2 Å². The van der Waals surface area contributed by atoms with Crippen molar-refractivity contribution in [1.82, 2.24) is 0 Å². The maximum atomic E-state index is 13.0. The van der Waals surface area contributed by atoms with Crippen LogP contribution in [0.5, 0.6) is 5.75 Å². The molecule has 3 nitrogen and oxygen atoms in total. The van der Waals surface area contributed by atoms with Crippen molar-refractivity contribution in [2.75, 3.05) is 12.4 Å². The van der Waals surface area contributed by atoms with Crippen LogP contribution < -0.4 is 4.74 Å². The highest BCUT2D eigenvalue weighted by Gasteiger charge is 2.32. The third kappa shape index (κ3) is 4.94. The Morgan fingerprint density at radius 3 is 2.35 bits per heavy atom. The van der Waals surface area contributed by atoms with Crippen LogP contribution >= 0.6 is 10.7 Å². The summed E-state index contributed by atoms with van der Waals surface area (Å²) in [4.78, 5) is 0. The number of aryl methyl sites for hydroxylation is 1. The summed E-state index contributed by atoms with van der Waals surface area (Å²) in [7, 11) is 1.78. The normalized spacial score (nSPS) is 12.4. The van der Waals surface area contributed by atoms with E-state index < -0.39 is 14.5 Å². The fourth-order valence-corrected chi connectivity index (χ4v) is 3.99. The number of benzene rings is 1. The summed E-state index contributed by atoms with van der Waals surface area (Å²) in [5.41, 5.74) is 0.154. The standard InChI is InChI=1S/C14H20ClFO3S/c1-4-14(5-2,10-20(15,17)18)9-19-13-7-6-12(16)8-11(13)3/h6-8H,4-5,9-10H2,1-3H3. The highest BCUT2D eigenvalue weighted by atomic mass is 35.7. The topological polar surface area (TPSA) is 43.4 Å². The molecule has 0 unspecified atom stereocenters. The van der Waals surface area contributed by atoms with Crippen molar-refractivity contribution in [2.24, 2.45) is 5.41 Å². The largest absolute Gasteiger partial charge is 0.493 e. The van der Waals surface area contributed by atoms with E-state index in [4.69, 9.17) is 15.4 Å². The highest BCUT2D eigenvalue weighted by molar-refractivity contribution is 8.13. The zero-order valence-electron chi connectivity index (χ0n) is 11.9. The molecule has 0 saturated carbocycles. The minimum absolute atomic E-state index is 0.130. The van der Waals surface area contributed by atoms with Crippen LogP contribution in [0.25, 0.3) is 0 Å². The molecule has 114 valence electrons. The number of ether oxygens (including phenoxy) is 1. The first-order chi connectivity index (χ1) is 9.21. The zero-order chi connectivity index (χ0) is 15.4. The van der Waals surface area contributed by atoms with Crippen molar-refractivity contribution < 1.29 is 17.5 Å². The summed E-state index contributed by atoms with van der Waals surface area (Å²) in [5, 5.41) is 0. The lowest BCUT2D eigenvalue weighted by molar-refractivity contribution is 0.154. The van der Waals surface area contributed by atoms with Gasteiger partial charge in [0.25, 0.3) is 0 Å². The monoisotopic (exact) mass is 322 g/mol. The first-order valence-electron chi connectivity index (χ1n) is 6.52. The van der Waals surface area contributed by atoms with Crippen LogP contribution in [0.2, 0.25) is 0 Å². The fourth-order valence-electron chi connectivity index (χ4n) is 2.07. The van der Waals surface area contributed by atoms with Gasteiger partial charge < -0.3 is 4.74 Å². The summed E-state index contributed by atoms with van der Waals surface area (Å²) in [6.45, 7) is 5.80. The molecule has 0 bridgehead atoms. The molecule has 0 radical (unpaired) electrons. The maximum Gasteiger partial charge on any atom is 0.233 e. The molecule has 0 amide bonds. The van der Waals surface area contributed by atoms with E-state index in [-0.39, 0.29) is 18.2 Å². The Bertz CT molecular complexity index is 554. The first-order valence-corrected chi connectivity index (χ1v) is 9.00. The van der Waals surface area contributed by atoms with Crippen LogP contribution in [-0.2, 0) is 9.05 Å². The Morgan fingerprint density at radius 1 is 1.30 bits per heavy atom. The fraction of sp³-hybridized carbons (Fsp3) is 0.571. The van der Waals surface area contributed by atoms with Gasteiger partial charge in [0.05, 0.1) is 12.4 Å². The smallest absolute Gasteiger partial charge is 0.233 e. The average Bonchev–Trinajstić information content (AvgIpc) is 2.35. The van der Waals surface area contributed by atoms with E-state index in [0.717, 1.165) is 0 Å². The van der Waals surface area contributed by atoms with Gasteiger partial charge in [-0.25, -0.2) is 12.8 Å². The number of halogens is 2. The lowest BCUT2D eigenvalue weighted by atomic mass is 9.85. The summed E-state index contributed by atoms with van der Waals surface area (Å²) >= 11 is 0. The Labute approximate surface area is 124 Å². The maximum absolute atomic E-state index is 13.0. The van der Waals surface area contributed by atoms with Gasteiger partial charge in [0.1, 0.15) is 11.6 Å². The van der Waals surface area contributed by atoms with Crippen molar-refractivity contribution in [2.45, 2.75) is 33.6 Å². The molecule has 6 heteroatoms. The Morgan fingerprint density at radius 2 is 1.90 bits per heavy atom. The molecule has 0 fully saturated rings. The van der Waals surface area contributed by atoms with E-state index in [2.05, 4.69) is 0 Å².